The SMILES string of the molecule is CCCC(C)(N)C(=O)Nc1nc(-c2cccs2)ns1.Cl. The molecule has 8 heteroatoms. The van der Waals surface area contributed by atoms with Gasteiger partial charge >= 0.3 is 0 Å². The lowest BCUT2D eigenvalue weighted by Crippen LogP contribution is -2.48. The maximum absolute atomic E-state index is 12.0. The Morgan fingerprint density at radius 2 is 2.30 bits per heavy atom. The number of hydrogen-bond acceptors (Lipinski definition) is 6. The summed E-state index contributed by atoms with van der Waals surface area (Å²) in [5, 5.41) is 5.19. The fourth-order valence-electron chi connectivity index (χ4n) is 1.65. The van der Waals surface area contributed by atoms with E-state index in [1.807, 2.05) is 24.4 Å². The number of aromatic nitrogens is 2. The molecule has 20 heavy (non-hydrogen) atoms. The van der Waals surface area contributed by atoms with E-state index in [2.05, 4.69) is 14.7 Å². The average molecular weight is 333 g/mol. The van der Waals surface area contributed by atoms with Crippen LogP contribution in [0, 0.1) is 0 Å². The Morgan fingerprint density at radius 1 is 1.55 bits per heavy atom. The van der Waals surface area contributed by atoms with Gasteiger partial charge < -0.3 is 5.73 Å². The number of anilines is 1. The van der Waals surface area contributed by atoms with Crippen LogP contribution in [-0.2, 0) is 4.79 Å². The maximum Gasteiger partial charge on any atom is 0.245 e. The second-order valence-corrected chi connectivity index (χ2v) is 6.22. The molecule has 1 unspecified atom stereocenters. The Bertz CT molecular complexity index is 554. The Hall–Kier alpha value is -1.02. The molecule has 3 N–H and O–H groups in total. The highest BCUT2D eigenvalue weighted by molar-refractivity contribution is 7.14. The van der Waals surface area contributed by atoms with Crippen molar-refractivity contribution in [3.05, 3.63) is 17.5 Å². The molecule has 0 saturated heterocycles. The van der Waals surface area contributed by atoms with Gasteiger partial charge in [-0.2, -0.15) is 9.36 Å². The summed E-state index contributed by atoms with van der Waals surface area (Å²) in [4.78, 5) is 17.3. The summed E-state index contributed by atoms with van der Waals surface area (Å²) in [5.74, 6) is 0.424. The topological polar surface area (TPSA) is 80.9 Å². The molecule has 2 aromatic rings. The van der Waals surface area contributed by atoms with Crippen LogP contribution in [0.2, 0.25) is 0 Å². The van der Waals surface area contributed by atoms with Crippen LogP contribution in [-0.4, -0.2) is 20.8 Å². The number of nitrogens with zero attached hydrogens (tertiary/aromatic N) is 2. The van der Waals surface area contributed by atoms with Gasteiger partial charge in [-0.3, -0.25) is 10.1 Å². The van der Waals surface area contributed by atoms with Crippen molar-refractivity contribution in [2.45, 2.75) is 32.2 Å². The minimum atomic E-state index is -0.872. The fourth-order valence-corrected chi connectivity index (χ4v) is 2.95. The molecule has 0 aliphatic carbocycles. The molecule has 0 radical (unpaired) electrons. The molecule has 1 atom stereocenters. The van der Waals surface area contributed by atoms with E-state index >= 15 is 0 Å². The van der Waals surface area contributed by atoms with Crippen LogP contribution in [0.1, 0.15) is 26.7 Å². The van der Waals surface area contributed by atoms with Gasteiger partial charge in [-0.1, -0.05) is 19.4 Å². The Labute approximate surface area is 132 Å². The lowest BCUT2D eigenvalue weighted by atomic mass is 9.97. The van der Waals surface area contributed by atoms with Crippen molar-refractivity contribution >= 4 is 46.3 Å². The molecule has 0 spiro atoms. The van der Waals surface area contributed by atoms with Crippen LogP contribution in [0.4, 0.5) is 5.13 Å². The molecule has 0 fully saturated rings. The summed E-state index contributed by atoms with van der Waals surface area (Å²) in [6, 6.07) is 3.89. The number of halogens is 1. The first-order valence-corrected chi connectivity index (χ1v) is 7.66. The van der Waals surface area contributed by atoms with Crippen LogP contribution in [0.3, 0.4) is 0 Å². The molecule has 2 heterocycles. The molecule has 110 valence electrons. The summed E-state index contributed by atoms with van der Waals surface area (Å²) >= 11 is 2.73. The second kappa shape index (κ2) is 7.12. The summed E-state index contributed by atoms with van der Waals surface area (Å²) in [6.07, 6.45) is 1.49. The van der Waals surface area contributed by atoms with E-state index in [-0.39, 0.29) is 18.3 Å². The summed E-state index contributed by atoms with van der Waals surface area (Å²) in [7, 11) is 0. The lowest BCUT2D eigenvalue weighted by Gasteiger charge is -2.21. The first kappa shape index (κ1) is 17.0. The first-order valence-electron chi connectivity index (χ1n) is 6.01. The van der Waals surface area contributed by atoms with Gasteiger partial charge in [0.05, 0.1) is 10.4 Å². The van der Waals surface area contributed by atoms with Crippen molar-refractivity contribution in [2.24, 2.45) is 5.73 Å². The van der Waals surface area contributed by atoms with Gasteiger partial charge in [0.15, 0.2) is 5.82 Å². The van der Waals surface area contributed by atoms with Crippen molar-refractivity contribution in [3.63, 3.8) is 0 Å². The standard InChI is InChI=1S/C12H16N4OS2.ClH/c1-3-6-12(2,13)10(17)15-11-14-9(16-19-11)8-5-4-7-18-8;/h4-5,7H,3,6,13H2,1-2H3,(H,14,15,16,17);1H. The van der Waals surface area contributed by atoms with E-state index in [1.165, 1.54) is 11.5 Å². The third-order valence-electron chi connectivity index (χ3n) is 2.68. The zero-order valence-corrected chi connectivity index (χ0v) is 13.7. The fraction of sp³-hybridized carbons (Fsp3) is 0.417. The molecule has 2 rings (SSSR count). The normalized spacial score (nSPS) is 13.3. The van der Waals surface area contributed by atoms with Gasteiger partial charge in [0.1, 0.15) is 0 Å². The van der Waals surface area contributed by atoms with Gasteiger partial charge in [-0.25, -0.2) is 0 Å². The van der Waals surface area contributed by atoms with E-state index in [9.17, 15) is 4.79 Å². The Morgan fingerprint density at radius 3 is 2.90 bits per heavy atom. The predicted molar refractivity (Wildman–Crippen MR) is 86.6 cm³/mol. The average Bonchev–Trinajstić information content (AvgIpc) is 2.97. The Kier molecular flexibility index (Phi) is 6.07. The molecular formula is C12H17ClN4OS2. The van der Waals surface area contributed by atoms with Gasteiger partial charge in [0, 0.05) is 11.5 Å². The molecule has 0 aromatic carbocycles. The van der Waals surface area contributed by atoms with Crippen molar-refractivity contribution in [2.75, 3.05) is 5.32 Å². The van der Waals surface area contributed by atoms with Gasteiger partial charge in [-0.15, -0.1) is 23.7 Å². The zero-order chi connectivity index (χ0) is 13.9. The Balaban J connectivity index is 0.00000200. The summed E-state index contributed by atoms with van der Waals surface area (Å²) < 4.78 is 4.23. The number of nitrogens with one attached hydrogen (secondary N) is 1. The monoisotopic (exact) mass is 332 g/mol. The number of hydrogen-bond donors (Lipinski definition) is 2. The zero-order valence-electron chi connectivity index (χ0n) is 11.3. The van der Waals surface area contributed by atoms with Gasteiger partial charge in [-0.05, 0) is 24.8 Å². The van der Waals surface area contributed by atoms with Crippen molar-refractivity contribution < 1.29 is 4.79 Å². The number of amides is 1. The largest absolute Gasteiger partial charge is 0.318 e. The van der Waals surface area contributed by atoms with Crippen molar-refractivity contribution in [1.29, 1.82) is 0 Å². The van der Waals surface area contributed by atoms with Crippen LogP contribution in [0.15, 0.2) is 17.5 Å². The maximum atomic E-state index is 12.0. The lowest BCUT2D eigenvalue weighted by molar-refractivity contribution is -0.120. The molecule has 2 aromatic heterocycles. The summed E-state index contributed by atoms with van der Waals surface area (Å²) in [6.45, 7) is 3.73. The minimum Gasteiger partial charge on any atom is -0.318 e. The highest BCUT2D eigenvalue weighted by Gasteiger charge is 2.28. The predicted octanol–water partition coefficient (Wildman–Crippen LogP) is 3.14. The molecule has 1 amide bonds. The molecule has 0 aliphatic rings. The van der Waals surface area contributed by atoms with E-state index in [4.69, 9.17) is 5.73 Å². The second-order valence-electron chi connectivity index (χ2n) is 4.52. The van der Waals surface area contributed by atoms with E-state index in [0.29, 0.717) is 17.4 Å². The van der Waals surface area contributed by atoms with E-state index in [0.717, 1.165) is 11.3 Å². The van der Waals surface area contributed by atoms with E-state index < -0.39 is 5.54 Å². The number of carbonyl (C=O) groups is 1. The van der Waals surface area contributed by atoms with E-state index in [1.54, 1.807) is 18.3 Å². The molecule has 5 nitrogen and oxygen atoms in total. The summed E-state index contributed by atoms with van der Waals surface area (Å²) in [5.41, 5.74) is 5.09. The highest BCUT2D eigenvalue weighted by Crippen LogP contribution is 2.25. The molecular weight excluding hydrogens is 316 g/mol. The van der Waals surface area contributed by atoms with Crippen LogP contribution in [0.5, 0.6) is 0 Å². The van der Waals surface area contributed by atoms with Crippen molar-refractivity contribution in [1.82, 2.24) is 9.36 Å². The number of rotatable bonds is 5. The quantitative estimate of drug-likeness (QED) is 0.881. The van der Waals surface area contributed by atoms with Crippen LogP contribution in [0.25, 0.3) is 10.7 Å². The smallest absolute Gasteiger partial charge is 0.245 e. The third-order valence-corrected chi connectivity index (χ3v) is 4.17. The number of carbonyl (C=O) groups excluding carboxylic acids is 1. The van der Waals surface area contributed by atoms with Crippen molar-refractivity contribution in [3.8, 4) is 10.7 Å². The molecule has 0 aliphatic heterocycles. The molecule has 0 bridgehead atoms. The molecule has 0 saturated carbocycles. The first-order chi connectivity index (χ1) is 9.03. The highest BCUT2D eigenvalue weighted by atomic mass is 35.5. The van der Waals surface area contributed by atoms with Gasteiger partial charge in [0.25, 0.3) is 0 Å². The van der Waals surface area contributed by atoms with Crippen LogP contribution < -0.4 is 11.1 Å². The third kappa shape index (κ3) is 3.99. The van der Waals surface area contributed by atoms with Crippen LogP contribution >= 0.6 is 35.3 Å². The van der Waals surface area contributed by atoms with Gasteiger partial charge in [0.2, 0.25) is 11.0 Å². The number of nitrogens with two attached hydrogens (primary N) is 1. The number of thiophene rings is 1. The minimum absolute atomic E-state index is 0.